The molecule has 112 valence electrons. The second kappa shape index (κ2) is 6.24. The summed E-state index contributed by atoms with van der Waals surface area (Å²) in [6, 6.07) is 7.28. The highest BCUT2D eigenvalue weighted by atomic mass is 32.2. The molecule has 1 aromatic carbocycles. The van der Waals surface area contributed by atoms with Crippen LogP contribution < -0.4 is 10.5 Å². The third-order valence-electron chi connectivity index (χ3n) is 3.42. The third kappa shape index (κ3) is 4.30. The summed E-state index contributed by atoms with van der Waals surface area (Å²) < 4.78 is 27.4. The molecule has 0 bridgehead atoms. The molecule has 4 nitrogen and oxygen atoms in total. The Labute approximate surface area is 121 Å². The first kappa shape index (κ1) is 15.5. The lowest BCUT2D eigenvalue weighted by Crippen LogP contribution is -2.29. The zero-order chi connectivity index (χ0) is 14.8. The number of rotatable bonds is 7. The van der Waals surface area contributed by atoms with Crippen molar-refractivity contribution in [3.8, 4) is 0 Å². The summed E-state index contributed by atoms with van der Waals surface area (Å²) in [5, 5.41) is 0. The number of hydrogen-bond donors (Lipinski definition) is 2. The van der Waals surface area contributed by atoms with Crippen LogP contribution in [0.2, 0.25) is 0 Å². The molecule has 0 aromatic heterocycles. The first-order chi connectivity index (χ1) is 9.38. The van der Waals surface area contributed by atoms with E-state index in [9.17, 15) is 8.42 Å². The molecule has 0 heterocycles. The maximum Gasteiger partial charge on any atom is 0.241 e. The summed E-state index contributed by atoms with van der Waals surface area (Å²) in [6.45, 7) is 4.24. The SMILES string of the molecule is CC(C)CC(N)Cc1ccccc1S(=O)(=O)NC1CC1. The van der Waals surface area contributed by atoms with E-state index in [1.165, 1.54) is 0 Å². The molecule has 20 heavy (non-hydrogen) atoms. The van der Waals surface area contributed by atoms with Crippen molar-refractivity contribution >= 4 is 10.0 Å². The van der Waals surface area contributed by atoms with E-state index >= 15 is 0 Å². The van der Waals surface area contributed by atoms with E-state index in [0.29, 0.717) is 17.2 Å². The maximum atomic E-state index is 12.4. The standard InChI is InChI=1S/C15H24N2O2S/c1-11(2)9-13(16)10-12-5-3-4-6-15(12)20(18,19)17-14-7-8-14/h3-6,11,13-14,17H,7-10,16H2,1-2H3. The van der Waals surface area contributed by atoms with Crippen molar-refractivity contribution < 1.29 is 8.42 Å². The van der Waals surface area contributed by atoms with Crippen molar-refractivity contribution in [1.82, 2.24) is 4.72 Å². The maximum absolute atomic E-state index is 12.4. The number of nitrogens with one attached hydrogen (secondary N) is 1. The van der Waals surface area contributed by atoms with Gasteiger partial charge in [-0.25, -0.2) is 13.1 Å². The van der Waals surface area contributed by atoms with Gasteiger partial charge in [-0.1, -0.05) is 32.0 Å². The molecule has 5 heteroatoms. The van der Waals surface area contributed by atoms with E-state index in [1.807, 2.05) is 12.1 Å². The van der Waals surface area contributed by atoms with E-state index in [2.05, 4.69) is 18.6 Å². The van der Waals surface area contributed by atoms with Crippen molar-refractivity contribution in [1.29, 1.82) is 0 Å². The molecule has 1 fully saturated rings. The van der Waals surface area contributed by atoms with Gasteiger partial charge in [-0.05, 0) is 43.2 Å². The van der Waals surface area contributed by atoms with Crippen LogP contribution in [0.4, 0.5) is 0 Å². The molecule has 1 aliphatic rings. The Balaban J connectivity index is 2.17. The molecule has 1 saturated carbocycles. The minimum atomic E-state index is -3.41. The van der Waals surface area contributed by atoms with Crippen LogP contribution in [0.15, 0.2) is 29.2 Å². The highest BCUT2D eigenvalue weighted by molar-refractivity contribution is 7.89. The molecule has 0 spiro atoms. The van der Waals surface area contributed by atoms with Gasteiger partial charge in [0.05, 0.1) is 4.90 Å². The monoisotopic (exact) mass is 296 g/mol. The molecule has 0 saturated heterocycles. The average Bonchev–Trinajstić information content (AvgIpc) is 3.11. The largest absolute Gasteiger partial charge is 0.327 e. The summed E-state index contributed by atoms with van der Waals surface area (Å²) in [7, 11) is -3.41. The highest BCUT2D eigenvalue weighted by Gasteiger charge is 2.29. The molecule has 1 aliphatic carbocycles. The summed E-state index contributed by atoms with van der Waals surface area (Å²) in [5.41, 5.74) is 6.93. The van der Waals surface area contributed by atoms with E-state index in [4.69, 9.17) is 5.73 Å². The van der Waals surface area contributed by atoms with Crippen LogP contribution in [0.1, 0.15) is 38.7 Å². The van der Waals surface area contributed by atoms with Gasteiger partial charge in [0.1, 0.15) is 0 Å². The molecule has 1 atom stereocenters. The van der Waals surface area contributed by atoms with E-state index < -0.39 is 10.0 Å². The van der Waals surface area contributed by atoms with Gasteiger partial charge in [0, 0.05) is 12.1 Å². The van der Waals surface area contributed by atoms with Crippen LogP contribution in [-0.4, -0.2) is 20.5 Å². The van der Waals surface area contributed by atoms with Crippen molar-refractivity contribution in [3.05, 3.63) is 29.8 Å². The number of hydrogen-bond acceptors (Lipinski definition) is 3. The minimum absolute atomic E-state index is 0.00715. The van der Waals surface area contributed by atoms with Gasteiger partial charge in [0.25, 0.3) is 0 Å². The molecule has 0 amide bonds. The van der Waals surface area contributed by atoms with Crippen LogP contribution in [-0.2, 0) is 16.4 Å². The van der Waals surface area contributed by atoms with Crippen LogP contribution in [0.25, 0.3) is 0 Å². The van der Waals surface area contributed by atoms with Crippen molar-refractivity contribution in [3.63, 3.8) is 0 Å². The van der Waals surface area contributed by atoms with Crippen LogP contribution in [0.5, 0.6) is 0 Å². The first-order valence-corrected chi connectivity index (χ1v) is 8.72. The highest BCUT2D eigenvalue weighted by Crippen LogP contribution is 2.24. The summed E-state index contributed by atoms with van der Waals surface area (Å²) in [6.07, 6.45) is 3.37. The predicted octanol–water partition coefficient (Wildman–Crippen LogP) is 2.04. The van der Waals surface area contributed by atoms with Crippen LogP contribution in [0.3, 0.4) is 0 Å². The molecule has 2 rings (SSSR count). The summed E-state index contributed by atoms with van der Waals surface area (Å²) in [5.74, 6) is 0.512. The molecular weight excluding hydrogens is 272 g/mol. The fourth-order valence-corrected chi connectivity index (χ4v) is 3.95. The zero-order valence-corrected chi connectivity index (χ0v) is 13.0. The van der Waals surface area contributed by atoms with E-state index in [1.54, 1.807) is 12.1 Å². The summed E-state index contributed by atoms with van der Waals surface area (Å²) in [4.78, 5) is 0.381. The Bertz CT molecular complexity index is 551. The van der Waals surface area contributed by atoms with Crippen LogP contribution in [0, 0.1) is 5.92 Å². The van der Waals surface area contributed by atoms with E-state index in [0.717, 1.165) is 24.8 Å². The fourth-order valence-electron chi connectivity index (χ4n) is 2.39. The Hall–Kier alpha value is -0.910. The van der Waals surface area contributed by atoms with Gasteiger partial charge < -0.3 is 5.73 Å². The zero-order valence-electron chi connectivity index (χ0n) is 12.2. The normalized spacial score (nSPS) is 17.4. The number of nitrogens with two attached hydrogens (primary N) is 1. The summed E-state index contributed by atoms with van der Waals surface area (Å²) >= 11 is 0. The lowest BCUT2D eigenvalue weighted by Gasteiger charge is -2.17. The van der Waals surface area contributed by atoms with E-state index in [-0.39, 0.29) is 12.1 Å². The molecule has 0 radical (unpaired) electrons. The second-order valence-corrected chi connectivity index (χ2v) is 7.78. The van der Waals surface area contributed by atoms with Gasteiger partial charge >= 0.3 is 0 Å². The van der Waals surface area contributed by atoms with Crippen molar-refractivity contribution in [2.75, 3.05) is 0 Å². The second-order valence-electron chi connectivity index (χ2n) is 6.10. The Morgan fingerprint density at radius 3 is 2.55 bits per heavy atom. The van der Waals surface area contributed by atoms with Gasteiger partial charge in [-0.3, -0.25) is 0 Å². The first-order valence-electron chi connectivity index (χ1n) is 7.24. The molecule has 1 unspecified atom stereocenters. The molecule has 0 aliphatic heterocycles. The Morgan fingerprint density at radius 2 is 1.95 bits per heavy atom. The Kier molecular flexibility index (Phi) is 4.83. The fraction of sp³-hybridized carbons (Fsp3) is 0.600. The Morgan fingerprint density at radius 1 is 1.30 bits per heavy atom. The van der Waals surface area contributed by atoms with Crippen molar-refractivity contribution in [2.24, 2.45) is 11.7 Å². The predicted molar refractivity (Wildman–Crippen MR) is 80.9 cm³/mol. The number of sulfonamides is 1. The number of benzene rings is 1. The van der Waals surface area contributed by atoms with Crippen LogP contribution >= 0.6 is 0 Å². The minimum Gasteiger partial charge on any atom is -0.327 e. The average molecular weight is 296 g/mol. The quantitative estimate of drug-likeness (QED) is 0.809. The topological polar surface area (TPSA) is 72.2 Å². The lowest BCUT2D eigenvalue weighted by molar-refractivity contribution is 0.491. The molecular formula is C15H24N2O2S. The van der Waals surface area contributed by atoms with Gasteiger partial charge in [0.2, 0.25) is 10.0 Å². The lowest BCUT2D eigenvalue weighted by atomic mass is 9.98. The molecule has 1 aromatic rings. The molecule has 3 N–H and O–H groups in total. The van der Waals surface area contributed by atoms with Crippen molar-refractivity contribution in [2.45, 2.75) is 56.5 Å². The smallest absolute Gasteiger partial charge is 0.241 e. The van der Waals surface area contributed by atoms with Gasteiger partial charge in [-0.15, -0.1) is 0 Å². The van der Waals surface area contributed by atoms with Gasteiger partial charge in [0.15, 0.2) is 0 Å². The van der Waals surface area contributed by atoms with Gasteiger partial charge in [-0.2, -0.15) is 0 Å². The third-order valence-corrected chi connectivity index (χ3v) is 5.04.